The van der Waals surface area contributed by atoms with Crippen LogP contribution in [0, 0.1) is 5.92 Å². The van der Waals surface area contributed by atoms with Crippen LogP contribution in [0.5, 0.6) is 0 Å². The van der Waals surface area contributed by atoms with E-state index in [-0.39, 0.29) is 17.7 Å². The average molecular weight is 376 g/mol. The Kier molecular flexibility index (Phi) is 5.37. The van der Waals surface area contributed by atoms with Crippen LogP contribution in [-0.2, 0) is 22.4 Å². The van der Waals surface area contributed by atoms with E-state index in [2.05, 4.69) is 27.4 Å². The monoisotopic (exact) mass is 376 g/mol. The second kappa shape index (κ2) is 8.25. The van der Waals surface area contributed by atoms with E-state index in [9.17, 15) is 9.59 Å². The number of aromatic nitrogens is 2. The second-order valence-corrected chi connectivity index (χ2v) is 7.22. The van der Waals surface area contributed by atoms with Crippen LogP contribution in [0.1, 0.15) is 17.8 Å². The lowest BCUT2D eigenvalue weighted by Crippen LogP contribution is -2.34. The van der Waals surface area contributed by atoms with Crippen LogP contribution >= 0.6 is 0 Å². The number of nitrogens with zero attached hydrogens (tertiary/aromatic N) is 2. The van der Waals surface area contributed by atoms with Crippen molar-refractivity contribution in [3.63, 3.8) is 0 Å². The van der Waals surface area contributed by atoms with Crippen LogP contribution in [0.4, 0.5) is 0 Å². The zero-order chi connectivity index (χ0) is 19.3. The number of hydrogen-bond acceptors (Lipinski definition) is 3. The van der Waals surface area contributed by atoms with E-state index in [0.29, 0.717) is 32.5 Å². The van der Waals surface area contributed by atoms with Crippen LogP contribution in [0.25, 0.3) is 11.0 Å². The van der Waals surface area contributed by atoms with Crippen molar-refractivity contribution < 1.29 is 9.59 Å². The van der Waals surface area contributed by atoms with Crippen molar-refractivity contribution in [2.75, 3.05) is 19.6 Å². The van der Waals surface area contributed by atoms with Crippen molar-refractivity contribution >= 4 is 22.8 Å². The molecular weight excluding hydrogens is 352 g/mol. The van der Waals surface area contributed by atoms with Gasteiger partial charge in [-0.15, -0.1) is 0 Å². The molecule has 1 atom stereocenters. The molecule has 1 aliphatic rings. The fourth-order valence-electron chi connectivity index (χ4n) is 3.65. The van der Waals surface area contributed by atoms with Crippen molar-refractivity contribution in [1.29, 1.82) is 0 Å². The highest BCUT2D eigenvalue weighted by Gasteiger charge is 2.33. The van der Waals surface area contributed by atoms with E-state index in [4.69, 9.17) is 0 Å². The van der Waals surface area contributed by atoms with Crippen LogP contribution in [0.3, 0.4) is 0 Å². The summed E-state index contributed by atoms with van der Waals surface area (Å²) in [7, 11) is 0. The van der Waals surface area contributed by atoms with Gasteiger partial charge in [0.05, 0.1) is 17.0 Å². The molecule has 1 fully saturated rings. The normalized spacial score (nSPS) is 16.6. The number of benzene rings is 2. The first-order chi connectivity index (χ1) is 13.7. The van der Waals surface area contributed by atoms with Gasteiger partial charge in [-0.05, 0) is 24.1 Å². The van der Waals surface area contributed by atoms with E-state index >= 15 is 0 Å². The Morgan fingerprint density at radius 1 is 1.11 bits per heavy atom. The highest BCUT2D eigenvalue weighted by molar-refractivity contribution is 5.89. The molecule has 0 saturated carbocycles. The van der Waals surface area contributed by atoms with Crippen LogP contribution in [-0.4, -0.2) is 46.3 Å². The second-order valence-electron chi connectivity index (χ2n) is 7.22. The molecule has 2 aromatic carbocycles. The predicted molar refractivity (Wildman–Crippen MR) is 108 cm³/mol. The zero-order valence-electron chi connectivity index (χ0n) is 15.7. The summed E-state index contributed by atoms with van der Waals surface area (Å²) in [5.41, 5.74) is 3.13. The maximum atomic E-state index is 12.5. The number of carbonyl (C=O) groups excluding carboxylic acids is 2. The van der Waals surface area contributed by atoms with Gasteiger partial charge in [0.2, 0.25) is 11.8 Å². The molecule has 28 heavy (non-hydrogen) atoms. The number of aromatic amines is 1. The number of hydrogen-bond donors (Lipinski definition) is 2. The zero-order valence-corrected chi connectivity index (χ0v) is 15.7. The first-order valence-corrected chi connectivity index (χ1v) is 9.72. The summed E-state index contributed by atoms with van der Waals surface area (Å²) in [6.45, 7) is 1.67. The molecule has 2 amide bonds. The van der Waals surface area contributed by atoms with Gasteiger partial charge in [0.25, 0.3) is 0 Å². The molecule has 6 nitrogen and oxygen atoms in total. The van der Waals surface area contributed by atoms with Crippen molar-refractivity contribution in [1.82, 2.24) is 20.2 Å². The van der Waals surface area contributed by atoms with Gasteiger partial charge < -0.3 is 15.2 Å². The molecule has 1 saturated heterocycles. The topological polar surface area (TPSA) is 78.1 Å². The minimum Gasteiger partial charge on any atom is -0.355 e. The quantitative estimate of drug-likeness (QED) is 0.664. The Morgan fingerprint density at radius 2 is 1.89 bits per heavy atom. The maximum Gasteiger partial charge on any atom is 0.225 e. The van der Waals surface area contributed by atoms with E-state index < -0.39 is 0 Å². The lowest BCUT2D eigenvalue weighted by molar-refractivity contribution is -0.129. The number of amides is 2. The molecule has 0 unspecified atom stereocenters. The van der Waals surface area contributed by atoms with Gasteiger partial charge in [-0.3, -0.25) is 9.59 Å². The van der Waals surface area contributed by atoms with E-state index in [1.807, 2.05) is 42.5 Å². The molecule has 0 bridgehead atoms. The molecule has 4 rings (SSSR count). The minimum absolute atomic E-state index is 0.0494. The number of fused-ring (bicyclic) bond motifs is 1. The van der Waals surface area contributed by atoms with Gasteiger partial charge in [-0.25, -0.2) is 4.98 Å². The summed E-state index contributed by atoms with van der Waals surface area (Å²) < 4.78 is 0. The van der Waals surface area contributed by atoms with E-state index in [0.717, 1.165) is 23.3 Å². The van der Waals surface area contributed by atoms with Crippen LogP contribution in [0.2, 0.25) is 0 Å². The van der Waals surface area contributed by atoms with Gasteiger partial charge >= 0.3 is 0 Å². The third-order valence-corrected chi connectivity index (χ3v) is 5.20. The van der Waals surface area contributed by atoms with E-state index in [1.165, 1.54) is 5.56 Å². The first-order valence-electron chi connectivity index (χ1n) is 9.72. The molecule has 0 radical (unpaired) electrons. The third kappa shape index (κ3) is 4.22. The largest absolute Gasteiger partial charge is 0.355 e. The Balaban J connectivity index is 1.24. The Hall–Kier alpha value is -3.15. The van der Waals surface area contributed by atoms with Crippen molar-refractivity contribution in [2.24, 2.45) is 5.92 Å². The standard InChI is InChI=1S/C22H24N4O2/c27-21-14-17(15-26(21)13-11-16-6-2-1-3-7-16)22(28)23-12-10-20-24-18-8-4-5-9-19(18)25-20/h1-9,17H,10-15H2,(H,23,28)(H,24,25)/t17-/m0/s1. The van der Waals surface area contributed by atoms with Crippen molar-refractivity contribution in [2.45, 2.75) is 19.3 Å². The van der Waals surface area contributed by atoms with E-state index in [1.54, 1.807) is 4.90 Å². The third-order valence-electron chi connectivity index (χ3n) is 5.20. The fourth-order valence-corrected chi connectivity index (χ4v) is 3.65. The summed E-state index contributed by atoms with van der Waals surface area (Å²) in [5, 5.41) is 2.95. The Labute approximate surface area is 164 Å². The molecule has 3 aromatic rings. The van der Waals surface area contributed by atoms with Crippen molar-refractivity contribution in [3.05, 3.63) is 66.0 Å². The molecule has 1 aliphatic heterocycles. The van der Waals surface area contributed by atoms with Crippen molar-refractivity contribution in [3.8, 4) is 0 Å². The van der Waals surface area contributed by atoms with Gasteiger partial charge in [0, 0.05) is 32.5 Å². The summed E-state index contributed by atoms with van der Waals surface area (Å²) in [4.78, 5) is 34.3. The smallest absolute Gasteiger partial charge is 0.225 e. The summed E-state index contributed by atoms with van der Waals surface area (Å²) in [5.74, 6) is 0.604. The van der Waals surface area contributed by atoms with Gasteiger partial charge in [0.1, 0.15) is 5.82 Å². The highest BCUT2D eigenvalue weighted by Crippen LogP contribution is 2.18. The molecule has 1 aromatic heterocycles. The van der Waals surface area contributed by atoms with Crippen LogP contribution < -0.4 is 5.32 Å². The van der Waals surface area contributed by atoms with Gasteiger partial charge in [-0.1, -0.05) is 42.5 Å². The highest BCUT2D eigenvalue weighted by atomic mass is 16.2. The Morgan fingerprint density at radius 3 is 2.71 bits per heavy atom. The van der Waals surface area contributed by atoms with Gasteiger partial charge in [0.15, 0.2) is 0 Å². The fraction of sp³-hybridized carbons (Fsp3) is 0.318. The number of para-hydroxylation sites is 2. The number of carbonyl (C=O) groups is 2. The first kappa shape index (κ1) is 18.2. The summed E-state index contributed by atoms with van der Waals surface area (Å²) in [6, 6.07) is 18.0. The van der Waals surface area contributed by atoms with Gasteiger partial charge in [-0.2, -0.15) is 0 Å². The summed E-state index contributed by atoms with van der Waals surface area (Å²) >= 11 is 0. The molecule has 2 heterocycles. The lowest BCUT2D eigenvalue weighted by atomic mass is 10.1. The molecule has 6 heteroatoms. The molecular formula is C22H24N4O2. The average Bonchev–Trinajstić information content (AvgIpc) is 3.30. The number of H-pyrrole nitrogens is 1. The molecule has 0 aliphatic carbocycles. The number of likely N-dealkylation sites (tertiary alicyclic amines) is 1. The lowest BCUT2D eigenvalue weighted by Gasteiger charge is -2.16. The maximum absolute atomic E-state index is 12.5. The molecule has 0 spiro atoms. The number of imidazole rings is 1. The number of nitrogens with one attached hydrogen (secondary N) is 2. The number of rotatable bonds is 7. The van der Waals surface area contributed by atoms with Crippen LogP contribution in [0.15, 0.2) is 54.6 Å². The Bertz CT molecular complexity index is 934. The SMILES string of the molecule is O=C(NCCc1nc2ccccc2[nH]1)[C@H]1CC(=O)N(CCc2ccccc2)C1. The molecule has 2 N–H and O–H groups in total. The summed E-state index contributed by atoms with van der Waals surface area (Å²) in [6.07, 6.45) is 1.75. The minimum atomic E-state index is -0.265. The molecule has 144 valence electrons. The predicted octanol–water partition coefficient (Wildman–Crippen LogP) is 2.31.